The molecule has 0 radical (unpaired) electrons. The Kier molecular flexibility index (Phi) is 8.14. The topological polar surface area (TPSA) is 59.6 Å². The number of halogens is 2. The monoisotopic (exact) mass is 628 g/mol. The van der Waals surface area contributed by atoms with Crippen molar-refractivity contribution >= 4 is 57.4 Å². The van der Waals surface area contributed by atoms with Crippen molar-refractivity contribution in [3.05, 3.63) is 137 Å². The molecule has 0 bridgehead atoms. The molecule has 1 aliphatic rings. The third-order valence-electron chi connectivity index (χ3n) is 7.84. The molecule has 6 rings (SSSR count). The van der Waals surface area contributed by atoms with E-state index in [4.69, 9.17) is 28.2 Å². The van der Waals surface area contributed by atoms with E-state index in [1.54, 1.807) is 21.6 Å². The highest BCUT2D eigenvalue weighted by Crippen LogP contribution is 2.32. The van der Waals surface area contributed by atoms with E-state index in [1.165, 1.54) is 11.3 Å². The van der Waals surface area contributed by atoms with Crippen LogP contribution in [-0.4, -0.2) is 33.0 Å². The lowest BCUT2D eigenvalue weighted by Crippen LogP contribution is -2.43. The van der Waals surface area contributed by atoms with Crippen LogP contribution in [0.25, 0.3) is 17.0 Å². The lowest BCUT2D eigenvalue weighted by atomic mass is 9.94. The van der Waals surface area contributed by atoms with Gasteiger partial charge in [-0.3, -0.25) is 14.2 Å². The van der Waals surface area contributed by atoms with Crippen molar-refractivity contribution in [2.45, 2.75) is 33.4 Å². The third kappa shape index (κ3) is 5.49. The molecule has 2 aromatic heterocycles. The van der Waals surface area contributed by atoms with Crippen molar-refractivity contribution in [2.75, 3.05) is 13.1 Å². The number of benzene rings is 3. The number of thiazole rings is 1. The predicted molar refractivity (Wildman–Crippen MR) is 176 cm³/mol. The van der Waals surface area contributed by atoms with Crippen LogP contribution >= 0.6 is 34.5 Å². The molecule has 3 heterocycles. The molecule has 0 saturated heterocycles. The zero-order chi connectivity index (χ0) is 30.2. The molecule has 1 amide bonds. The molecule has 0 unspecified atom stereocenters. The van der Waals surface area contributed by atoms with E-state index in [1.807, 2.05) is 69.3 Å². The van der Waals surface area contributed by atoms with E-state index in [-0.39, 0.29) is 11.5 Å². The van der Waals surface area contributed by atoms with Gasteiger partial charge in [0.05, 0.1) is 21.8 Å². The second-order valence-electron chi connectivity index (χ2n) is 10.5. The maximum absolute atomic E-state index is 14.2. The first-order valence-corrected chi connectivity index (χ1v) is 15.8. The molecule has 43 heavy (non-hydrogen) atoms. The Morgan fingerprint density at radius 3 is 2.47 bits per heavy atom. The number of allylic oxidation sites excluding steroid dienone is 1. The van der Waals surface area contributed by atoms with Crippen molar-refractivity contribution in [2.24, 2.45) is 4.99 Å². The summed E-state index contributed by atoms with van der Waals surface area (Å²) in [7, 11) is 0. The largest absolute Gasteiger partial charge is 0.342 e. The number of para-hydroxylation sites is 1. The van der Waals surface area contributed by atoms with Crippen LogP contribution in [0.15, 0.2) is 100 Å². The number of aromatic nitrogens is 2. The Morgan fingerprint density at radius 2 is 1.74 bits per heavy atom. The summed E-state index contributed by atoms with van der Waals surface area (Å²) in [6, 6.07) is 22.7. The van der Waals surface area contributed by atoms with Gasteiger partial charge in [-0.05, 0) is 68.3 Å². The zero-order valence-corrected chi connectivity index (χ0v) is 26.4. The molecule has 5 aromatic rings. The molecule has 6 nitrogen and oxygen atoms in total. The zero-order valence-electron chi connectivity index (χ0n) is 24.1. The Balaban J connectivity index is 1.52. The minimum atomic E-state index is -0.618. The number of hydrogen-bond donors (Lipinski definition) is 0. The number of likely N-dealkylation sites (N-methyl/N-ethyl adjacent to an activating group) is 1. The molecule has 3 aromatic carbocycles. The van der Waals surface area contributed by atoms with E-state index in [0.717, 1.165) is 27.6 Å². The van der Waals surface area contributed by atoms with Crippen LogP contribution in [0.2, 0.25) is 10.0 Å². The first-order valence-electron chi connectivity index (χ1n) is 14.2. The fourth-order valence-corrected chi connectivity index (χ4v) is 7.11. The minimum absolute atomic E-state index is 0.121. The number of hydrogen-bond acceptors (Lipinski definition) is 4. The molecule has 218 valence electrons. The number of amides is 1. The van der Waals surface area contributed by atoms with Crippen LogP contribution in [0, 0.1) is 0 Å². The van der Waals surface area contributed by atoms with Crippen molar-refractivity contribution < 1.29 is 4.79 Å². The molecular weight excluding hydrogens is 599 g/mol. The Morgan fingerprint density at radius 1 is 1.00 bits per heavy atom. The van der Waals surface area contributed by atoms with Gasteiger partial charge in [-0.25, -0.2) is 4.99 Å². The smallest absolute Gasteiger partial charge is 0.271 e. The Bertz CT molecular complexity index is 2070. The maximum atomic E-state index is 14.2. The average Bonchev–Trinajstić information content (AvgIpc) is 3.49. The molecule has 1 aliphatic heterocycles. The second kappa shape index (κ2) is 12.0. The molecule has 9 heteroatoms. The minimum Gasteiger partial charge on any atom is -0.342 e. The first-order chi connectivity index (χ1) is 20.8. The summed E-state index contributed by atoms with van der Waals surface area (Å²) in [6.07, 6.45) is 4.01. The molecular formula is C34H30Cl2N4O2S. The summed E-state index contributed by atoms with van der Waals surface area (Å²) < 4.78 is 4.38. The number of rotatable bonds is 7. The van der Waals surface area contributed by atoms with Gasteiger partial charge in [0.15, 0.2) is 4.80 Å². The van der Waals surface area contributed by atoms with Gasteiger partial charge in [-0.15, -0.1) is 0 Å². The van der Waals surface area contributed by atoms with Gasteiger partial charge < -0.3 is 9.47 Å². The van der Waals surface area contributed by atoms with Crippen LogP contribution in [0.5, 0.6) is 0 Å². The number of fused-ring (bicyclic) bond motifs is 2. The first kappa shape index (κ1) is 29.2. The van der Waals surface area contributed by atoms with Crippen molar-refractivity contribution in [1.29, 1.82) is 0 Å². The fourth-order valence-electron chi connectivity index (χ4n) is 5.73. The summed E-state index contributed by atoms with van der Waals surface area (Å²) >= 11 is 13.8. The summed E-state index contributed by atoms with van der Waals surface area (Å²) in [4.78, 5) is 35.1. The van der Waals surface area contributed by atoms with Gasteiger partial charge in [-0.1, -0.05) is 77.0 Å². The standard InChI is InChI=1S/C34H30Cl2N4O2S/c1-4-38(5-2)33(42)30-21(3)37-34-40(31(30)23-13-15-25(35)16-14-23)32(41)29(43-34)18-24-20-39(28-12-7-6-11-27(24)28)19-22-9-8-10-26(36)17-22/h6-18,20,31H,4-5,19H2,1-3H3/b29-18+/t31-/m0/s1. The molecule has 0 fully saturated rings. The van der Waals surface area contributed by atoms with Gasteiger partial charge in [-0.2, -0.15) is 0 Å². The summed E-state index contributed by atoms with van der Waals surface area (Å²) in [5, 5.41) is 2.32. The number of carbonyl (C=O) groups excluding carboxylic acids is 1. The molecule has 1 atom stereocenters. The second-order valence-corrected chi connectivity index (χ2v) is 12.4. The molecule has 0 saturated carbocycles. The van der Waals surface area contributed by atoms with E-state index in [2.05, 4.69) is 29.0 Å². The van der Waals surface area contributed by atoms with Crippen molar-refractivity contribution in [3.8, 4) is 0 Å². The van der Waals surface area contributed by atoms with Crippen LogP contribution in [0.3, 0.4) is 0 Å². The van der Waals surface area contributed by atoms with Gasteiger partial charge in [0.1, 0.15) is 0 Å². The normalized spacial score (nSPS) is 15.1. The van der Waals surface area contributed by atoms with E-state index >= 15 is 0 Å². The maximum Gasteiger partial charge on any atom is 0.271 e. The van der Waals surface area contributed by atoms with E-state index < -0.39 is 6.04 Å². The molecule has 0 spiro atoms. The van der Waals surface area contributed by atoms with E-state index in [0.29, 0.717) is 50.3 Å². The van der Waals surface area contributed by atoms with E-state index in [9.17, 15) is 9.59 Å². The van der Waals surface area contributed by atoms with Gasteiger partial charge in [0, 0.05) is 52.3 Å². The highest BCUT2D eigenvalue weighted by Gasteiger charge is 2.34. The van der Waals surface area contributed by atoms with Gasteiger partial charge in [0.25, 0.3) is 11.5 Å². The lowest BCUT2D eigenvalue weighted by molar-refractivity contribution is -0.127. The average molecular weight is 630 g/mol. The van der Waals surface area contributed by atoms with Crippen molar-refractivity contribution in [3.63, 3.8) is 0 Å². The summed E-state index contributed by atoms with van der Waals surface area (Å²) in [5.41, 5.74) is 4.81. The van der Waals surface area contributed by atoms with Crippen molar-refractivity contribution in [1.82, 2.24) is 14.0 Å². The third-order valence-corrected chi connectivity index (χ3v) is 9.31. The quantitative estimate of drug-likeness (QED) is 0.209. The molecule has 0 aliphatic carbocycles. The lowest BCUT2D eigenvalue weighted by Gasteiger charge is -2.29. The summed E-state index contributed by atoms with van der Waals surface area (Å²) in [5.74, 6) is -0.121. The Labute approximate surface area is 263 Å². The van der Waals surface area contributed by atoms with Crippen LogP contribution in [0.4, 0.5) is 0 Å². The molecule has 0 N–H and O–H groups in total. The number of carbonyl (C=O) groups is 1. The highest BCUT2D eigenvalue weighted by atomic mass is 35.5. The van der Waals surface area contributed by atoms with Gasteiger partial charge in [0.2, 0.25) is 0 Å². The van der Waals surface area contributed by atoms with Gasteiger partial charge >= 0.3 is 0 Å². The van der Waals surface area contributed by atoms with Crippen LogP contribution in [0.1, 0.15) is 43.5 Å². The predicted octanol–water partition coefficient (Wildman–Crippen LogP) is 6.41. The highest BCUT2D eigenvalue weighted by molar-refractivity contribution is 7.07. The van der Waals surface area contributed by atoms with Crippen LogP contribution in [-0.2, 0) is 11.3 Å². The SMILES string of the molecule is CCN(CC)C(=O)C1=C(C)N=c2s/c(=C/c3cn(Cc4cccc(Cl)c4)c4ccccc34)c(=O)n2[C@H]1c1ccc(Cl)cc1. The number of nitrogens with zero attached hydrogens (tertiary/aromatic N) is 4. The Hall–Kier alpha value is -3.91. The van der Waals surface area contributed by atoms with Crippen LogP contribution < -0.4 is 14.9 Å². The summed E-state index contributed by atoms with van der Waals surface area (Å²) in [6.45, 7) is 7.51. The fraction of sp³-hybridized carbons (Fsp3) is 0.206.